The molecule has 1 rings (SSSR count). The first-order valence-electron chi connectivity index (χ1n) is 8.73. The number of nitrogens with one attached hydrogen (secondary N) is 3. The maximum atomic E-state index is 12.0. The monoisotopic (exact) mass is 350 g/mol. The Morgan fingerprint density at radius 2 is 1.80 bits per heavy atom. The Kier molecular flexibility index (Phi) is 10.8. The number of methoxy groups -OCH3 is 1. The van der Waals surface area contributed by atoms with Gasteiger partial charge in [0, 0.05) is 45.0 Å². The van der Waals surface area contributed by atoms with E-state index in [1.807, 2.05) is 13.8 Å². The second-order valence-corrected chi connectivity index (χ2v) is 5.22. The molecule has 0 saturated carbocycles. The van der Waals surface area contributed by atoms with Crippen molar-refractivity contribution >= 4 is 11.9 Å². The fourth-order valence-corrected chi connectivity index (χ4v) is 2.04. The van der Waals surface area contributed by atoms with Crippen molar-refractivity contribution in [3.8, 4) is 5.75 Å². The summed E-state index contributed by atoms with van der Waals surface area (Å²) in [4.78, 5) is 16.5. The summed E-state index contributed by atoms with van der Waals surface area (Å²) < 4.78 is 10.4. The molecule has 1 aromatic rings. The van der Waals surface area contributed by atoms with E-state index in [0.717, 1.165) is 37.9 Å². The van der Waals surface area contributed by atoms with Crippen molar-refractivity contribution in [2.75, 3.05) is 46.5 Å². The molecule has 0 aromatic heterocycles. The highest BCUT2D eigenvalue weighted by Crippen LogP contribution is 2.10. The molecule has 0 atom stereocenters. The number of benzene rings is 1. The van der Waals surface area contributed by atoms with Gasteiger partial charge in [-0.15, -0.1) is 0 Å². The largest absolute Gasteiger partial charge is 0.497 e. The predicted octanol–water partition coefficient (Wildman–Crippen LogP) is 1.41. The number of carbonyl (C=O) groups is 1. The third kappa shape index (κ3) is 8.95. The van der Waals surface area contributed by atoms with E-state index >= 15 is 0 Å². The van der Waals surface area contributed by atoms with Gasteiger partial charge >= 0.3 is 0 Å². The molecule has 0 aliphatic heterocycles. The number of hydrogen-bond acceptors (Lipinski definition) is 4. The van der Waals surface area contributed by atoms with Crippen LogP contribution in [0.2, 0.25) is 0 Å². The second kappa shape index (κ2) is 13.1. The number of guanidine groups is 1. The third-order valence-electron chi connectivity index (χ3n) is 3.32. The molecule has 0 radical (unpaired) electrons. The van der Waals surface area contributed by atoms with Crippen molar-refractivity contribution in [1.82, 2.24) is 16.0 Å². The summed E-state index contributed by atoms with van der Waals surface area (Å²) in [7, 11) is 1.60. The van der Waals surface area contributed by atoms with E-state index in [9.17, 15) is 4.79 Å². The number of amides is 1. The van der Waals surface area contributed by atoms with Crippen LogP contribution < -0.4 is 20.7 Å². The topological polar surface area (TPSA) is 84.0 Å². The Morgan fingerprint density at radius 3 is 2.44 bits per heavy atom. The smallest absolute Gasteiger partial charge is 0.251 e. The standard InChI is InChI=1S/C18H30N4O3/c1-4-19-18(21-11-6-14-25-5-2)22-13-12-20-17(23)15-7-9-16(24-3)10-8-15/h7-10H,4-6,11-14H2,1-3H3,(H,20,23)(H2,19,21,22). The molecule has 1 amide bonds. The highest BCUT2D eigenvalue weighted by molar-refractivity contribution is 5.94. The number of carbonyl (C=O) groups excluding carboxylic acids is 1. The van der Waals surface area contributed by atoms with E-state index in [0.29, 0.717) is 25.2 Å². The normalized spacial score (nSPS) is 11.1. The zero-order valence-corrected chi connectivity index (χ0v) is 15.4. The van der Waals surface area contributed by atoms with Crippen LogP contribution in [0, 0.1) is 0 Å². The van der Waals surface area contributed by atoms with Crippen molar-refractivity contribution in [2.24, 2.45) is 4.99 Å². The van der Waals surface area contributed by atoms with Crippen LogP contribution in [0.15, 0.2) is 29.3 Å². The minimum absolute atomic E-state index is 0.108. The highest BCUT2D eigenvalue weighted by atomic mass is 16.5. The first-order valence-corrected chi connectivity index (χ1v) is 8.73. The summed E-state index contributed by atoms with van der Waals surface area (Å²) in [5.41, 5.74) is 0.609. The summed E-state index contributed by atoms with van der Waals surface area (Å²) in [6, 6.07) is 7.02. The second-order valence-electron chi connectivity index (χ2n) is 5.22. The first-order chi connectivity index (χ1) is 12.2. The molecule has 3 N–H and O–H groups in total. The van der Waals surface area contributed by atoms with Crippen LogP contribution in [-0.2, 0) is 4.74 Å². The summed E-state index contributed by atoms with van der Waals surface area (Å²) in [5, 5.41) is 9.25. The van der Waals surface area contributed by atoms with Gasteiger partial charge in [-0.1, -0.05) is 0 Å². The molecular formula is C18H30N4O3. The van der Waals surface area contributed by atoms with Gasteiger partial charge in [-0.05, 0) is 44.5 Å². The van der Waals surface area contributed by atoms with Crippen molar-refractivity contribution in [3.63, 3.8) is 0 Å². The van der Waals surface area contributed by atoms with Crippen LogP contribution in [0.4, 0.5) is 0 Å². The lowest BCUT2D eigenvalue weighted by atomic mass is 10.2. The molecule has 7 heteroatoms. The van der Waals surface area contributed by atoms with Gasteiger partial charge in [0.15, 0.2) is 5.96 Å². The lowest BCUT2D eigenvalue weighted by Crippen LogP contribution is -2.41. The molecular weight excluding hydrogens is 320 g/mol. The minimum atomic E-state index is -0.108. The summed E-state index contributed by atoms with van der Waals surface area (Å²) in [6.07, 6.45) is 0.888. The van der Waals surface area contributed by atoms with Crippen molar-refractivity contribution in [1.29, 1.82) is 0 Å². The zero-order valence-electron chi connectivity index (χ0n) is 15.4. The van der Waals surface area contributed by atoms with Crippen molar-refractivity contribution in [3.05, 3.63) is 29.8 Å². The molecule has 0 spiro atoms. The van der Waals surface area contributed by atoms with Crippen LogP contribution in [0.3, 0.4) is 0 Å². The first kappa shape index (κ1) is 20.8. The number of nitrogens with zero attached hydrogens (tertiary/aromatic N) is 1. The zero-order chi connectivity index (χ0) is 18.3. The van der Waals surface area contributed by atoms with Gasteiger partial charge in [0.1, 0.15) is 5.75 Å². The van der Waals surface area contributed by atoms with Gasteiger partial charge in [-0.25, -0.2) is 0 Å². The number of hydrogen-bond donors (Lipinski definition) is 3. The van der Waals surface area contributed by atoms with Crippen molar-refractivity contribution < 1.29 is 14.3 Å². The Morgan fingerprint density at radius 1 is 1.08 bits per heavy atom. The summed E-state index contributed by atoms with van der Waals surface area (Å²) in [6.45, 7) is 8.04. The van der Waals surface area contributed by atoms with Crippen LogP contribution >= 0.6 is 0 Å². The molecule has 0 unspecified atom stereocenters. The lowest BCUT2D eigenvalue weighted by molar-refractivity contribution is 0.0954. The highest BCUT2D eigenvalue weighted by Gasteiger charge is 2.05. The fourth-order valence-electron chi connectivity index (χ4n) is 2.04. The molecule has 140 valence electrons. The lowest BCUT2D eigenvalue weighted by Gasteiger charge is -2.12. The maximum Gasteiger partial charge on any atom is 0.251 e. The summed E-state index contributed by atoms with van der Waals surface area (Å²) in [5.74, 6) is 1.37. The van der Waals surface area contributed by atoms with Crippen molar-refractivity contribution in [2.45, 2.75) is 20.3 Å². The number of rotatable bonds is 11. The number of ether oxygens (including phenoxy) is 2. The van der Waals surface area contributed by atoms with Crippen LogP contribution in [-0.4, -0.2) is 58.4 Å². The van der Waals surface area contributed by atoms with Gasteiger partial charge in [-0.3, -0.25) is 9.79 Å². The predicted molar refractivity (Wildman–Crippen MR) is 100 cm³/mol. The van der Waals surface area contributed by atoms with Gasteiger partial charge in [-0.2, -0.15) is 0 Å². The SMILES string of the molecule is CCNC(=NCCCOCC)NCCNC(=O)c1ccc(OC)cc1. The van der Waals surface area contributed by atoms with E-state index in [-0.39, 0.29) is 5.91 Å². The van der Waals surface area contributed by atoms with Gasteiger partial charge in [0.05, 0.1) is 7.11 Å². The molecule has 0 aliphatic carbocycles. The van der Waals surface area contributed by atoms with Gasteiger partial charge < -0.3 is 25.4 Å². The fraction of sp³-hybridized carbons (Fsp3) is 0.556. The molecule has 1 aromatic carbocycles. The third-order valence-corrected chi connectivity index (χ3v) is 3.32. The molecule has 0 bridgehead atoms. The van der Waals surface area contributed by atoms with Gasteiger partial charge in [0.2, 0.25) is 0 Å². The van der Waals surface area contributed by atoms with Gasteiger partial charge in [0.25, 0.3) is 5.91 Å². The summed E-state index contributed by atoms with van der Waals surface area (Å²) >= 11 is 0. The molecule has 0 heterocycles. The molecule has 7 nitrogen and oxygen atoms in total. The van der Waals surface area contributed by atoms with E-state index < -0.39 is 0 Å². The molecule has 0 fully saturated rings. The van der Waals surface area contributed by atoms with Crippen LogP contribution in [0.1, 0.15) is 30.6 Å². The van der Waals surface area contributed by atoms with Crippen LogP contribution in [0.5, 0.6) is 5.75 Å². The maximum absolute atomic E-state index is 12.0. The Balaban J connectivity index is 2.29. The Labute approximate surface area is 150 Å². The molecule has 0 saturated heterocycles. The average Bonchev–Trinajstić information content (AvgIpc) is 2.64. The van der Waals surface area contributed by atoms with E-state index in [4.69, 9.17) is 9.47 Å². The van der Waals surface area contributed by atoms with Crippen LogP contribution in [0.25, 0.3) is 0 Å². The minimum Gasteiger partial charge on any atom is -0.497 e. The molecule has 25 heavy (non-hydrogen) atoms. The quantitative estimate of drug-likeness (QED) is 0.319. The molecule has 0 aliphatic rings. The number of aliphatic imine (C=N–C) groups is 1. The van der Waals surface area contributed by atoms with E-state index in [1.165, 1.54) is 0 Å². The average molecular weight is 350 g/mol. The van der Waals surface area contributed by atoms with E-state index in [2.05, 4.69) is 20.9 Å². The van der Waals surface area contributed by atoms with E-state index in [1.54, 1.807) is 31.4 Å². The Bertz CT molecular complexity index is 518. The Hall–Kier alpha value is -2.28.